The van der Waals surface area contributed by atoms with Crippen molar-refractivity contribution in [1.29, 1.82) is 0 Å². The molecule has 0 radical (unpaired) electrons. The standard InChI is InChI=1S/C20H20N4O2/c1-20(2,3)19-22-16(26-23-19)11-24-13-21-17(14-7-5-4-6-8-14)18(24)15-9-10-25-12-15/h4-10,12-13H,11H2,1-3H3. The summed E-state index contributed by atoms with van der Waals surface area (Å²) >= 11 is 0. The molecule has 132 valence electrons. The monoisotopic (exact) mass is 348 g/mol. The highest BCUT2D eigenvalue weighted by molar-refractivity contribution is 5.78. The molecule has 1 aromatic carbocycles. The summed E-state index contributed by atoms with van der Waals surface area (Å²) in [6, 6.07) is 12.0. The van der Waals surface area contributed by atoms with E-state index in [0.717, 1.165) is 22.5 Å². The number of hydrogen-bond acceptors (Lipinski definition) is 5. The van der Waals surface area contributed by atoms with E-state index in [1.54, 1.807) is 18.9 Å². The van der Waals surface area contributed by atoms with E-state index in [2.05, 4.69) is 35.9 Å². The molecule has 0 N–H and O–H groups in total. The highest BCUT2D eigenvalue weighted by atomic mass is 16.5. The molecular weight excluding hydrogens is 328 g/mol. The number of furan rings is 1. The third-order valence-electron chi connectivity index (χ3n) is 4.12. The Labute approximate surface area is 151 Å². The van der Waals surface area contributed by atoms with E-state index in [4.69, 9.17) is 8.94 Å². The first-order valence-electron chi connectivity index (χ1n) is 8.48. The topological polar surface area (TPSA) is 69.9 Å². The number of benzene rings is 1. The average Bonchev–Trinajstić information content (AvgIpc) is 3.35. The molecule has 0 fully saturated rings. The van der Waals surface area contributed by atoms with Gasteiger partial charge in [-0.2, -0.15) is 4.98 Å². The lowest BCUT2D eigenvalue weighted by molar-refractivity contribution is 0.357. The first-order valence-corrected chi connectivity index (χ1v) is 8.48. The Kier molecular flexibility index (Phi) is 3.95. The molecule has 6 heteroatoms. The number of rotatable bonds is 4. The molecule has 26 heavy (non-hydrogen) atoms. The second-order valence-corrected chi connectivity index (χ2v) is 7.21. The molecule has 0 aliphatic heterocycles. The molecule has 0 aliphatic carbocycles. The second kappa shape index (κ2) is 6.29. The van der Waals surface area contributed by atoms with E-state index in [1.165, 1.54) is 0 Å². The van der Waals surface area contributed by atoms with Crippen molar-refractivity contribution in [2.24, 2.45) is 0 Å². The van der Waals surface area contributed by atoms with Crippen molar-refractivity contribution in [3.63, 3.8) is 0 Å². The Morgan fingerprint density at radius 2 is 1.85 bits per heavy atom. The quantitative estimate of drug-likeness (QED) is 0.541. The van der Waals surface area contributed by atoms with E-state index in [1.807, 2.05) is 41.0 Å². The fraction of sp³-hybridized carbons (Fsp3) is 0.250. The lowest BCUT2D eigenvalue weighted by atomic mass is 9.96. The van der Waals surface area contributed by atoms with Gasteiger partial charge in [0, 0.05) is 16.5 Å². The van der Waals surface area contributed by atoms with Crippen LogP contribution in [0.5, 0.6) is 0 Å². The van der Waals surface area contributed by atoms with Crippen LogP contribution in [0.4, 0.5) is 0 Å². The summed E-state index contributed by atoms with van der Waals surface area (Å²) in [5.74, 6) is 1.25. The summed E-state index contributed by atoms with van der Waals surface area (Å²) in [7, 11) is 0. The molecule has 4 aromatic rings. The van der Waals surface area contributed by atoms with E-state index in [-0.39, 0.29) is 5.41 Å². The zero-order valence-electron chi connectivity index (χ0n) is 15.0. The van der Waals surface area contributed by atoms with Crippen molar-refractivity contribution in [1.82, 2.24) is 19.7 Å². The molecule has 3 aromatic heterocycles. The number of nitrogens with zero attached hydrogens (tertiary/aromatic N) is 4. The number of aromatic nitrogens is 4. The summed E-state index contributed by atoms with van der Waals surface area (Å²) in [6.07, 6.45) is 5.17. The van der Waals surface area contributed by atoms with Gasteiger partial charge < -0.3 is 13.5 Å². The molecule has 0 saturated carbocycles. The zero-order valence-corrected chi connectivity index (χ0v) is 15.0. The summed E-state index contributed by atoms with van der Waals surface area (Å²) in [5.41, 5.74) is 3.70. The van der Waals surface area contributed by atoms with Crippen molar-refractivity contribution in [3.8, 4) is 22.5 Å². The molecule has 3 heterocycles. The Bertz CT molecular complexity index is 992. The molecule has 4 rings (SSSR count). The van der Waals surface area contributed by atoms with E-state index >= 15 is 0 Å². The minimum absolute atomic E-state index is 0.153. The normalized spacial score (nSPS) is 11.8. The largest absolute Gasteiger partial charge is 0.472 e. The number of hydrogen-bond donors (Lipinski definition) is 0. The van der Waals surface area contributed by atoms with Gasteiger partial charge in [0.25, 0.3) is 0 Å². The van der Waals surface area contributed by atoms with Crippen LogP contribution in [0.1, 0.15) is 32.5 Å². The van der Waals surface area contributed by atoms with Crippen molar-refractivity contribution in [2.45, 2.75) is 32.7 Å². The molecule has 0 unspecified atom stereocenters. The Hall–Kier alpha value is -3.15. The highest BCUT2D eigenvalue weighted by Crippen LogP contribution is 2.32. The zero-order chi connectivity index (χ0) is 18.1. The highest BCUT2D eigenvalue weighted by Gasteiger charge is 2.22. The number of imidazole rings is 1. The predicted molar refractivity (Wildman–Crippen MR) is 97.5 cm³/mol. The van der Waals surface area contributed by atoms with Crippen LogP contribution >= 0.6 is 0 Å². The minimum Gasteiger partial charge on any atom is -0.472 e. The van der Waals surface area contributed by atoms with Gasteiger partial charge in [0.05, 0.1) is 30.2 Å². The lowest BCUT2D eigenvalue weighted by Crippen LogP contribution is -2.13. The molecule has 0 spiro atoms. The van der Waals surface area contributed by atoms with Gasteiger partial charge in [0.1, 0.15) is 6.54 Å². The maximum Gasteiger partial charge on any atom is 0.246 e. The average molecular weight is 348 g/mol. The van der Waals surface area contributed by atoms with Gasteiger partial charge in [-0.15, -0.1) is 0 Å². The SMILES string of the molecule is CC(C)(C)c1noc(Cn2cnc(-c3ccccc3)c2-c2ccoc2)n1. The summed E-state index contributed by atoms with van der Waals surface area (Å²) in [6.45, 7) is 6.62. The molecule has 6 nitrogen and oxygen atoms in total. The minimum atomic E-state index is -0.153. The first-order chi connectivity index (χ1) is 12.5. The molecule has 0 saturated heterocycles. The van der Waals surface area contributed by atoms with Crippen LogP contribution in [0.3, 0.4) is 0 Å². The van der Waals surface area contributed by atoms with Crippen LogP contribution in [0.25, 0.3) is 22.5 Å². The van der Waals surface area contributed by atoms with Crippen molar-refractivity contribution in [3.05, 3.63) is 67.0 Å². The molecule has 0 bridgehead atoms. The third-order valence-corrected chi connectivity index (χ3v) is 4.12. The van der Waals surface area contributed by atoms with E-state index < -0.39 is 0 Å². The molecule has 0 aliphatic rings. The van der Waals surface area contributed by atoms with Crippen LogP contribution in [-0.4, -0.2) is 19.7 Å². The van der Waals surface area contributed by atoms with Gasteiger partial charge in [-0.1, -0.05) is 56.3 Å². The second-order valence-electron chi connectivity index (χ2n) is 7.21. The molecule has 0 amide bonds. The van der Waals surface area contributed by atoms with Crippen LogP contribution < -0.4 is 0 Å². The predicted octanol–water partition coefficient (Wildman–Crippen LogP) is 4.54. The van der Waals surface area contributed by atoms with Crippen LogP contribution in [0.2, 0.25) is 0 Å². The van der Waals surface area contributed by atoms with Crippen LogP contribution in [0, 0.1) is 0 Å². The van der Waals surface area contributed by atoms with Gasteiger partial charge >= 0.3 is 0 Å². The third kappa shape index (κ3) is 3.06. The van der Waals surface area contributed by atoms with Crippen LogP contribution in [0.15, 0.2) is 64.2 Å². The summed E-state index contributed by atoms with van der Waals surface area (Å²) in [4.78, 5) is 9.16. The lowest BCUT2D eigenvalue weighted by Gasteiger charge is -2.11. The maximum absolute atomic E-state index is 5.45. The first kappa shape index (κ1) is 16.3. The van der Waals surface area contributed by atoms with Crippen molar-refractivity contribution >= 4 is 0 Å². The van der Waals surface area contributed by atoms with E-state index in [9.17, 15) is 0 Å². The summed E-state index contributed by atoms with van der Waals surface area (Å²) in [5, 5.41) is 4.10. The van der Waals surface area contributed by atoms with E-state index in [0.29, 0.717) is 18.3 Å². The van der Waals surface area contributed by atoms with Gasteiger partial charge in [0.15, 0.2) is 5.82 Å². The van der Waals surface area contributed by atoms with Gasteiger partial charge in [-0.05, 0) is 6.07 Å². The van der Waals surface area contributed by atoms with Gasteiger partial charge in [-0.3, -0.25) is 0 Å². The Morgan fingerprint density at radius 3 is 2.50 bits per heavy atom. The fourth-order valence-electron chi connectivity index (χ4n) is 2.78. The van der Waals surface area contributed by atoms with Crippen molar-refractivity contribution < 1.29 is 8.94 Å². The van der Waals surface area contributed by atoms with Crippen molar-refractivity contribution in [2.75, 3.05) is 0 Å². The van der Waals surface area contributed by atoms with Gasteiger partial charge in [0.2, 0.25) is 5.89 Å². The fourth-order valence-corrected chi connectivity index (χ4v) is 2.78. The Balaban J connectivity index is 1.75. The smallest absolute Gasteiger partial charge is 0.246 e. The van der Waals surface area contributed by atoms with Crippen LogP contribution in [-0.2, 0) is 12.0 Å². The molecular formula is C20H20N4O2. The Morgan fingerprint density at radius 1 is 1.04 bits per heavy atom. The summed E-state index contributed by atoms with van der Waals surface area (Å²) < 4.78 is 12.7. The molecule has 0 atom stereocenters. The van der Waals surface area contributed by atoms with Gasteiger partial charge in [-0.25, -0.2) is 4.98 Å². The maximum atomic E-state index is 5.45.